The lowest BCUT2D eigenvalue weighted by molar-refractivity contribution is 0.0420. The highest BCUT2D eigenvalue weighted by Gasteiger charge is 2.44. The minimum Gasteiger partial charge on any atom is -0.379 e. The van der Waals surface area contributed by atoms with Gasteiger partial charge in [0.15, 0.2) is 5.96 Å². The normalized spacial score (nSPS) is 21.6. The van der Waals surface area contributed by atoms with Crippen molar-refractivity contribution < 1.29 is 9.47 Å². The summed E-state index contributed by atoms with van der Waals surface area (Å²) in [7, 11) is 0. The first-order valence-corrected chi connectivity index (χ1v) is 10.1. The first-order chi connectivity index (χ1) is 12.7. The van der Waals surface area contributed by atoms with E-state index < -0.39 is 0 Å². The zero-order valence-corrected chi connectivity index (χ0v) is 16.4. The summed E-state index contributed by atoms with van der Waals surface area (Å²) in [5.74, 6) is 0.880. The van der Waals surface area contributed by atoms with E-state index in [1.807, 2.05) is 12.1 Å². The van der Waals surface area contributed by atoms with Gasteiger partial charge in [-0.15, -0.1) is 0 Å². The van der Waals surface area contributed by atoms with Gasteiger partial charge in [0.05, 0.1) is 19.3 Å². The first-order valence-electron chi connectivity index (χ1n) is 9.69. The topological polar surface area (TPSA) is 54.9 Å². The largest absolute Gasteiger partial charge is 0.379 e. The van der Waals surface area contributed by atoms with Crippen LogP contribution < -0.4 is 10.6 Å². The molecule has 1 aliphatic carbocycles. The molecule has 2 aliphatic rings. The third-order valence-electron chi connectivity index (χ3n) is 5.03. The maximum atomic E-state index is 6.16. The van der Waals surface area contributed by atoms with Crippen molar-refractivity contribution in [1.29, 1.82) is 0 Å². The number of rotatable bonds is 9. The molecular weight excluding hydrogens is 350 g/mol. The van der Waals surface area contributed by atoms with E-state index in [1.165, 1.54) is 18.4 Å². The number of halogens is 1. The molecule has 1 atom stereocenters. The van der Waals surface area contributed by atoms with Crippen LogP contribution in [0.3, 0.4) is 0 Å². The summed E-state index contributed by atoms with van der Waals surface area (Å²) in [4.78, 5) is 4.82. The number of hydrogen-bond acceptors (Lipinski definition) is 3. The van der Waals surface area contributed by atoms with Crippen LogP contribution in [0.15, 0.2) is 29.3 Å². The third-order valence-corrected chi connectivity index (χ3v) is 5.26. The zero-order chi connectivity index (χ0) is 18.2. The molecule has 2 fully saturated rings. The fourth-order valence-corrected chi connectivity index (χ4v) is 3.44. The predicted octanol–water partition coefficient (Wildman–Crippen LogP) is 3.12. The smallest absolute Gasteiger partial charge is 0.191 e. The van der Waals surface area contributed by atoms with Crippen molar-refractivity contribution in [3.8, 4) is 0 Å². The molecule has 0 radical (unpaired) electrons. The number of hydrogen-bond donors (Lipinski definition) is 2. The fourth-order valence-electron chi connectivity index (χ4n) is 3.25. The molecule has 2 N–H and O–H groups in total. The van der Waals surface area contributed by atoms with Crippen molar-refractivity contribution in [2.75, 3.05) is 39.5 Å². The van der Waals surface area contributed by atoms with Crippen LogP contribution in [0.1, 0.15) is 38.2 Å². The molecule has 1 saturated heterocycles. The standard InChI is InChI=1S/C20H30ClN3O2/c1-2-22-19(23-10-4-11-26-18-7-12-25-14-18)24-15-20(8-9-20)16-5-3-6-17(21)13-16/h3,5-6,13,18H,2,4,7-12,14-15H2,1H3,(H2,22,23,24). The van der Waals surface area contributed by atoms with Crippen LogP contribution >= 0.6 is 11.6 Å². The van der Waals surface area contributed by atoms with Crippen LogP contribution in [0.4, 0.5) is 0 Å². The van der Waals surface area contributed by atoms with Gasteiger partial charge >= 0.3 is 0 Å². The van der Waals surface area contributed by atoms with Crippen molar-refractivity contribution >= 4 is 17.6 Å². The first kappa shape index (κ1) is 19.5. The Kier molecular flexibility index (Phi) is 7.17. The Morgan fingerprint density at radius 3 is 2.96 bits per heavy atom. The van der Waals surface area contributed by atoms with Gasteiger partial charge in [-0.2, -0.15) is 0 Å². The lowest BCUT2D eigenvalue weighted by Gasteiger charge is -2.16. The van der Waals surface area contributed by atoms with E-state index in [4.69, 9.17) is 26.1 Å². The molecule has 6 heteroatoms. The Balaban J connectivity index is 1.44. The Morgan fingerprint density at radius 2 is 2.27 bits per heavy atom. The van der Waals surface area contributed by atoms with E-state index in [1.54, 1.807) is 0 Å². The van der Waals surface area contributed by atoms with Gasteiger partial charge in [-0.1, -0.05) is 23.7 Å². The maximum absolute atomic E-state index is 6.16. The minimum absolute atomic E-state index is 0.166. The Hall–Kier alpha value is -1.30. The van der Waals surface area contributed by atoms with E-state index >= 15 is 0 Å². The summed E-state index contributed by atoms with van der Waals surface area (Å²) in [6, 6.07) is 8.20. The SMILES string of the molecule is CCNC(=NCC1(c2cccc(Cl)c2)CC1)NCCCOC1CCOC1. The molecule has 26 heavy (non-hydrogen) atoms. The van der Waals surface area contributed by atoms with Gasteiger partial charge in [-0.3, -0.25) is 4.99 Å². The summed E-state index contributed by atoms with van der Waals surface area (Å²) >= 11 is 6.16. The van der Waals surface area contributed by atoms with Crippen LogP contribution in [-0.2, 0) is 14.9 Å². The average molecular weight is 380 g/mol. The Morgan fingerprint density at radius 1 is 1.38 bits per heavy atom. The molecule has 1 unspecified atom stereocenters. The van der Waals surface area contributed by atoms with E-state index in [9.17, 15) is 0 Å². The molecule has 3 rings (SSSR count). The molecular formula is C20H30ClN3O2. The predicted molar refractivity (Wildman–Crippen MR) is 106 cm³/mol. The number of nitrogens with one attached hydrogen (secondary N) is 2. The van der Waals surface area contributed by atoms with Gasteiger partial charge in [0, 0.05) is 36.7 Å². The van der Waals surface area contributed by atoms with E-state index in [-0.39, 0.29) is 11.5 Å². The molecule has 144 valence electrons. The van der Waals surface area contributed by atoms with Crippen LogP contribution in [-0.4, -0.2) is 51.5 Å². The van der Waals surface area contributed by atoms with Crippen LogP contribution in [0.5, 0.6) is 0 Å². The number of benzene rings is 1. The van der Waals surface area contributed by atoms with E-state index in [0.717, 1.165) is 63.3 Å². The molecule has 1 heterocycles. The van der Waals surface area contributed by atoms with Gasteiger partial charge in [-0.25, -0.2) is 0 Å². The van der Waals surface area contributed by atoms with E-state index in [0.29, 0.717) is 0 Å². The fraction of sp³-hybridized carbons (Fsp3) is 0.650. The molecule has 0 bridgehead atoms. The highest BCUT2D eigenvalue weighted by Crippen LogP contribution is 2.48. The maximum Gasteiger partial charge on any atom is 0.191 e. The van der Waals surface area contributed by atoms with Gasteiger partial charge in [0.1, 0.15) is 0 Å². The zero-order valence-electron chi connectivity index (χ0n) is 15.6. The number of nitrogens with zero attached hydrogens (tertiary/aromatic N) is 1. The molecule has 1 saturated carbocycles. The number of ether oxygens (including phenoxy) is 2. The van der Waals surface area contributed by atoms with Crippen molar-refractivity contribution in [1.82, 2.24) is 10.6 Å². The van der Waals surface area contributed by atoms with Crippen LogP contribution in [0.2, 0.25) is 5.02 Å². The van der Waals surface area contributed by atoms with Crippen LogP contribution in [0.25, 0.3) is 0 Å². The van der Waals surface area contributed by atoms with Crippen molar-refractivity contribution in [2.45, 2.75) is 44.1 Å². The van der Waals surface area contributed by atoms with Gasteiger partial charge < -0.3 is 20.1 Å². The highest BCUT2D eigenvalue weighted by molar-refractivity contribution is 6.30. The summed E-state index contributed by atoms with van der Waals surface area (Å²) in [5.41, 5.74) is 1.47. The minimum atomic E-state index is 0.166. The summed E-state index contributed by atoms with van der Waals surface area (Å²) < 4.78 is 11.1. The van der Waals surface area contributed by atoms with Crippen LogP contribution in [0, 0.1) is 0 Å². The van der Waals surface area contributed by atoms with E-state index in [2.05, 4.69) is 29.7 Å². The quantitative estimate of drug-likeness (QED) is 0.393. The molecule has 5 nitrogen and oxygen atoms in total. The summed E-state index contributed by atoms with van der Waals surface area (Å²) in [6.45, 7) is 6.91. The van der Waals surface area contributed by atoms with Crippen molar-refractivity contribution in [3.63, 3.8) is 0 Å². The van der Waals surface area contributed by atoms with Gasteiger partial charge in [0.25, 0.3) is 0 Å². The average Bonchev–Trinajstić information content (AvgIpc) is 3.26. The van der Waals surface area contributed by atoms with Crippen molar-refractivity contribution in [2.24, 2.45) is 4.99 Å². The summed E-state index contributed by atoms with van der Waals surface area (Å²) in [6.07, 6.45) is 4.61. The van der Waals surface area contributed by atoms with Crippen molar-refractivity contribution in [3.05, 3.63) is 34.9 Å². The second-order valence-corrected chi connectivity index (χ2v) is 7.56. The number of guanidine groups is 1. The Bertz CT molecular complexity index is 598. The van der Waals surface area contributed by atoms with Gasteiger partial charge in [0.2, 0.25) is 0 Å². The molecule has 1 aliphatic heterocycles. The molecule has 0 amide bonds. The number of aliphatic imine (C=N–C) groups is 1. The monoisotopic (exact) mass is 379 g/mol. The molecule has 1 aromatic rings. The highest BCUT2D eigenvalue weighted by atomic mass is 35.5. The molecule has 1 aromatic carbocycles. The third kappa shape index (κ3) is 5.60. The molecule has 0 spiro atoms. The summed E-state index contributed by atoms with van der Waals surface area (Å²) in [5, 5.41) is 7.54. The lowest BCUT2D eigenvalue weighted by atomic mass is 9.96. The lowest BCUT2D eigenvalue weighted by Crippen LogP contribution is -2.38. The Labute approximate surface area is 161 Å². The molecule has 0 aromatic heterocycles. The van der Waals surface area contributed by atoms with Gasteiger partial charge in [-0.05, 0) is 50.3 Å². The second-order valence-electron chi connectivity index (χ2n) is 7.12. The second kappa shape index (κ2) is 9.58.